The Morgan fingerprint density at radius 1 is 0.407 bits per heavy atom. The zero-order valence-corrected chi connectivity index (χ0v) is 18.5. The normalized spacial score (nSPS) is 42.1. The van der Waals surface area contributed by atoms with Crippen LogP contribution in [0, 0.1) is 41.4 Å². The van der Waals surface area contributed by atoms with Crippen LogP contribution in [-0.4, -0.2) is 0 Å². The van der Waals surface area contributed by atoms with Gasteiger partial charge in [-0.15, -0.1) is 0 Å². The summed E-state index contributed by atoms with van der Waals surface area (Å²) in [5.74, 6) is 7.66. The minimum Gasteiger partial charge on any atom is -0.0625 e. The van der Waals surface area contributed by atoms with E-state index in [1.807, 2.05) is 0 Å². The van der Waals surface area contributed by atoms with Crippen molar-refractivity contribution in [3.63, 3.8) is 0 Å². The fourth-order valence-electron chi connectivity index (χ4n) is 7.72. The second-order valence-electron chi connectivity index (χ2n) is 11.7. The van der Waals surface area contributed by atoms with Crippen LogP contribution in [0.4, 0.5) is 0 Å². The molecule has 0 aromatic heterocycles. The molecule has 4 rings (SSSR count). The summed E-state index contributed by atoms with van der Waals surface area (Å²) in [6.07, 6.45) is 29.7. The van der Waals surface area contributed by atoms with Gasteiger partial charge in [-0.1, -0.05) is 90.4 Å². The molecule has 0 amide bonds. The van der Waals surface area contributed by atoms with Gasteiger partial charge in [-0.05, 0) is 80.0 Å². The van der Waals surface area contributed by atoms with Gasteiger partial charge in [-0.25, -0.2) is 0 Å². The third-order valence-corrected chi connectivity index (χ3v) is 9.64. The maximum atomic E-state index is 2.46. The lowest BCUT2D eigenvalue weighted by atomic mass is 9.66. The van der Waals surface area contributed by atoms with Crippen LogP contribution in [0.15, 0.2) is 0 Å². The smallest absolute Gasteiger partial charge is 0.0386 e. The van der Waals surface area contributed by atoms with Crippen molar-refractivity contribution < 1.29 is 0 Å². The Morgan fingerprint density at radius 3 is 1.22 bits per heavy atom. The van der Waals surface area contributed by atoms with Gasteiger partial charge in [0.25, 0.3) is 0 Å². The maximum absolute atomic E-state index is 2.46. The molecule has 0 saturated heterocycles. The Kier molecular flexibility index (Phi) is 7.63. The largest absolute Gasteiger partial charge is 0.0625 e. The van der Waals surface area contributed by atoms with Gasteiger partial charge in [0.15, 0.2) is 0 Å². The molecule has 4 aliphatic carbocycles. The van der Waals surface area contributed by atoms with Crippen LogP contribution in [-0.2, 0) is 0 Å². The summed E-state index contributed by atoms with van der Waals surface area (Å²) in [6, 6.07) is 0. The molecule has 0 aliphatic heterocycles. The number of hydrogen-bond donors (Lipinski definition) is 0. The molecule has 156 valence electrons. The summed E-state index contributed by atoms with van der Waals surface area (Å²) >= 11 is 0. The van der Waals surface area contributed by atoms with Gasteiger partial charge in [-0.3, -0.25) is 0 Å². The highest BCUT2D eigenvalue weighted by atomic mass is 14.4. The zero-order valence-electron chi connectivity index (χ0n) is 18.5. The standard InChI is InChI=1S/C27H48/c1-21-7-9-23(10-8-21)20-25-13-17-27(18-14-25)26-15-11-24(12-16-26)19-22-5-3-2-4-6-22/h21-27H,2-20H2,1H3. The van der Waals surface area contributed by atoms with Gasteiger partial charge in [0.1, 0.15) is 0 Å². The predicted octanol–water partition coefficient (Wildman–Crippen LogP) is 8.79. The van der Waals surface area contributed by atoms with Crippen LogP contribution < -0.4 is 0 Å². The van der Waals surface area contributed by atoms with Crippen molar-refractivity contribution in [3.05, 3.63) is 0 Å². The van der Waals surface area contributed by atoms with Gasteiger partial charge in [0.05, 0.1) is 0 Å². The molecule has 0 spiro atoms. The molecule has 0 aromatic carbocycles. The average molecular weight is 373 g/mol. The Hall–Kier alpha value is 0. The molecule has 0 N–H and O–H groups in total. The predicted molar refractivity (Wildman–Crippen MR) is 118 cm³/mol. The third kappa shape index (κ3) is 5.99. The molecule has 27 heavy (non-hydrogen) atoms. The first kappa shape index (κ1) is 20.3. The first-order chi connectivity index (χ1) is 13.3. The van der Waals surface area contributed by atoms with Gasteiger partial charge in [0.2, 0.25) is 0 Å². The van der Waals surface area contributed by atoms with Crippen LogP contribution >= 0.6 is 0 Å². The molecule has 0 heterocycles. The van der Waals surface area contributed by atoms with E-state index in [2.05, 4.69) is 6.92 Å². The van der Waals surface area contributed by atoms with Crippen LogP contribution in [0.2, 0.25) is 0 Å². The average Bonchev–Trinajstić information content (AvgIpc) is 2.72. The van der Waals surface area contributed by atoms with E-state index in [0.717, 1.165) is 41.4 Å². The molecule has 0 bridgehead atoms. The zero-order chi connectivity index (χ0) is 18.5. The minimum atomic E-state index is 1.02. The van der Waals surface area contributed by atoms with Crippen molar-refractivity contribution in [2.75, 3.05) is 0 Å². The summed E-state index contributed by atoms with van der Waals surface area (Å²) in [4.78, 5) is 0. The second-order valence-corrected chi connectivity index (χ2v) is 11.7. The van der Waals surface area contributed by atoms with Crippen molar-refractivity contribution in [2.24, 2.45) is 41.4 Å². The number of rotatable bonds is 5. The van der Waals surface area contributed by atoms with E-state index in [0.29, 0.717) is 0 Å². The highest BCUT2D eigenvalue weighted by molar-refractivity contribution is 4.84. The summed E-state index contributed by atoms with van der Waals surface area (Å²) < 4.78 is 0. The van der Waals surface area contributed by atoms with Gasteiger partial charge < -0.3 is 0 Å². The van der Waals surface area contributed by atoms with Crippen molar-refractivity contribution in [1.29, 1.82) is 0 Å². The maximum Gasteiger partial charge on any atom is -0.0386 e. The Balaban J connectivity index is 1.12. The van der Waals surface area contributed by atoms with Gasteiger partial charge in [-0.2, -0.15) is 0 Å². The van der Waals surface area contributed by atoms with Crippen molar-refractivity contribution in [2.45, 2.75) is 129 Å². The molecule has 4 saturated carbocycles. The first-order valence-electron chi connectivity index (χ1n) is 13.3. The van der Waals surface area contributed by atoms with Crippen LogP contribution in [0.3, 0.4) is 0 Å². The second kappa shape index (κ2) is 10.2. The Bertz CT molecular complexity index is 396. The molecule has 0 atom stereocenters. The van der Waals surface area contributed by atoms with Crippen LogP contribution in [0.1, 0.15) is 129 Å². The van der Waals surface area contributed by atoms with E-state index in [-0.39, 0.29) is 0 Å². The molecular formula is C27H48. The quantitative estimate of drug-likeness (QED) is 0.452. The van der Waals surface area contributed by atoms with Crippen LogP contribution in [0.5, 0.6) is 0 Å². The molecule has 4 aliphatic rings. The van der Waals surface area contributed by atoms with Crippen LogP contribution in [0.25, 0.3) is 0 Å². The summed E-state index contributed by atoms with van der Waals surface area (Å²) in [7, 11) is 0. The first-order valence-corrected chi connectivity index (χ1v) is 13.3. The lowest BCUT2D eigenvalue weighted by Gasteiger charge is -2.39. The summed E-state index contributed by atoms with van der Waals surface area (Å²) in [6.45, 7) is 2.46. The monoisotopic (exact) mass is 372 g/mol. The molecule has 0 heteroatoms. The molecule has 0 nitrogen and oxygen atoms in total. The highest BCUT2D eigenvalue weighted by Gasteiger charge is 2.32. The van der Waals surface area contributed by atoms with E-state index < -0.39 is 0 Å². The summed E-state index contributed by atoms with van der Waals surface area (Å²) in [5, 5.41) is 0. The molecular weight excluding hydrogens is 324 g/mol. The fraction of sp³-hybridized carbons (Fsp3) is 1.00. The lowest BCUT2D eigenvalue weighted by molar-refractivity contribution is 0.122. The van der Waals surface area contributed by atoms with E-state index in [1.165, 1.54) is 32.1 Å². The van der Waals surface area contributed by atoms with Crippen molar-refractivity contribution >= 4 is 0 Å². The SMILES string of the molecule is CC1CCC(CC2CCC(C3CCC(CC4CCCCC4)CC3)CC2)CC1. The Morgan fingerprint density at radius 2 is 0.778 bits per heavy atom. The van der Waals surface area contributed by atoms with Crippen molar-refractivity contribution in [1.82, 2.24) is 0 Å². The molecule has 4 fully saturated rings. The molecule has 0 aromatic rings. The third-order valence-electron chi connectivity index (χ3n) is 9.64. The molecule has 0 radical (unpaired) electrons. The van der Waals surface area contributed by atoms with Gasteiger partial charge >= 0.3 is 0 Å². The minimum absolute atomic E-state index is 1.02. The van der Waals surface area contributed by atoms with E-state index in [1.54, 1.807) is 89.9 Å². The highest BCUT2D eigenvalue weighted by Crippen LogP contribution is 2.45. The van der Waals surface area contributed by atoms with Crippen molar-refractivity contribution in [3.8, 4) is 0 Å². The number of hydrogen-bond acceptors (Lipinski definition) is 0. The molecule has 0 unspecified atom stereocenters. The lowest BCUT2D eigenvalue weighted by Crippen LogP contribution is -2.27. The summed E-state index contributed by atoms with van der Waals surface area (Å²) in [5.41, 5.74) is 0. The van der Waals surface area contributed by atoms with E-state index >= 15 is 0 Å². The van der Waals surface area contributed by atoms with E-state index in [9.17, 15) is 0 Å². The topological polar surface area (TPSA) is 0 Å². The Labute approximate surface area is 170 Å². The van der Waals surface area contributed by atoms with Gasteiger partial charge in [0, 0.05) is 0 Å². The fourth-order valence-corrected chi connectivity index (χ4v) is 7.72. The van der Waals surface area contributed by atoms with E-state index in [4.69, 9.17) is 0 Å².